The molecule has 1 aromatic carbocycles. The van der Waals surface area contributed by atoms with Crippen molar-refractivity contribution >= 4 is 28.2 Å². The van der Waals surface area contributed by atoms with Crippen LogP contribution in [0.2, 0.25) is 0 Å². The fourth-order valence-corrected chi connectivity index (χ4v) is 5.12. The van der Waals surface area contributed by atoms with E-state index in [1.54, 1.807) is 6.92 Å². The van der Waals surface area contributed by atoms with Gasteiger partial charge in [-0.1, -0.05) is 44.2 Å². The number of fused-ring (bicyclic) bond motifs is 1. The van der Waals surface area contributed by atoms with Crippen LogP contribution in [-0.4, -0.2) is 18.5 Å². The lowest BCUT2D eigenvalue weighted by Crippen LogP contribution is -2.22. The van der Waals surface area contributed by atoms with E-state index < -0.39 is 0 Å². The lowest BCUT2D eigenvalue weighted by molar-refractivity contribution is -0.117. The maximum absolute atomic E-state index is 13.0. The fourth-order valence-electron chi connectivity index (χ4n) is 3.71. The van der Waals surface area contributed by atoms with Crippen LogP contribution in [-0.2, 0) is 22.4 Å². The Hall–Kier alpha value is -2.14. The molecular formula is C22H27NO3S. The van der Waals surface area contributed by atoms with Crippen molar-refractivity contribution in [1.29, 1.82) is 0 Å². The number of hydrogen-bond donors (Lipinski definition) is 1. The average molecular weight is 386 g/mol. The van der Waals surface area contributed by atoms with Crippen molar-refractivity contribution < 1.29 is 14.3 Å². The predicted molar refractivity (Wildman–Crippen MR) is 110 cm³/mol. The van der Waals surface area contributed by atoms with Crippen molar-refractivity contribution in [2.75, 3.05) is 11.9 Å². The van der Waals surface area contributed by atoms with Crippen LogP contribution in [0.15, 0.2) is 30.3 Å². The van der Waals surface area contributed by atoms with Gasteiger partial charge in [-0.3, -0.25) is 4.79 Å². The molecule has 3 rings (SSSR count). The van der Waals surface area contributed by atoms with E-state index >= 15 is 0 Å². The smallest absolute Gasteiger partial charge is 0.341 e. The zero-order valence-electron chi connectivity index (χ0n) is 16.2. The van der Waals surface area contributed by atoms with Crippen LogP contribution in [0.25, 0.3) is 0 Å². The molecule has 1 N–H and O–H groups in total. The summed E-state index contributed by atoms with van der Waals surface area (Å²) in [5, 5.41) is 3.70. The Morgan fingerprint density at radius 2 is 2.00 bits per heavy atom. The summed E-state index contributed by atoms with van der Waals surface area (Å²) in [7, 11) is 0. The van der Waals surface area contributed by atoms with Crippen LogP contribution in [0.3, 0.4) is 0 Å². The van der Waals surface area contributed by atoms with Crippen molar-refractivity contribution in [3.63, 3.8) is 0 Å². The number of carbonyl (C=O) groups excluding carboxylic acids is 2. The Morgan fingerprint density at radius 3 is 2.67 bits per heavy atom. The molecule has 1 heterocycles. The molecule has 1 aliphatic carbocycles. The maximum atomic E-state index is 13.0. The van der Waals surface area contributed by atoms with Gasteiger partial charge in [0, 0.05) is 4.88 Å². The third-order valence-corrected chi connectivity index (χ3v) is 6.32. The Balaban J connectivity index is 1.91. The first kappa shape index (κ1) is 19.6. The Labute approximate surface area is 164 Å². The largest absolute Gasteiger partial charge is 0.462 e. The number of hydrogen-bond acceptors (Lipinski definition) is 4. The van der Waals surface area contributed by atoms with E-state index in [2.05, 4.69) is 12.2 Å². The number of benzene rings is 1. The lowest BCUT2D eigenvalue weighted by Gasteiger charge is -2.18. The standard InChI is InChI=1S/C22H27NO3S/c1-4-16(15-9-7-6-8-10-15)20(24)23-21-19(22(25)26-5-2)17-12-11-14(3)13-18(17)27-21/h6-10,14,16H,4-5,11-13H2,1-3H3,(H,23,24). The average Bonchev–Trinajstić information content (AvgIpc) is 3.00. The van der Waals surface area contributed by atoms with Gasteiger partial charge in [-0.25, -0.2) is 4.79 Å². The van der Waals surface area contributed by atoms with Crippen molar-refractivity contribution in [1.82, 2.24) is 0 Å². The topological polar surface area (TPSA) is 55.4 Å². The molecule has 2 atom stereocenters. The van der Waals surface area contributed by atoms with E-state index in [0.29, 0.717) is 29.5 Å². The van der Waals surface area contributed by atoms with Gasteiger partial charge in [0.15, 0.2) is 0 Å². The number of esters is 1. The van der Waals surface area contributed by atoms with Crippen LogP contribution in [0.4, 0.5) is 5.00 Å². The zero-order chi connectivity index (χ0) is 19.4. The minimum Gasteiger partial charge on any atom is -0.462 e. The van der Waals surface area contributed by atoms with Gasteiger partial charge in [-0.15, -0.1) is 11.3 Å². The number of amides is 1. The Bertz CT molecular complexity index is 812. The van der Waals surface area contributed by atoms with Crippen LogP contribution in [0.1, 0.15) is 65.9 Å². The number of rotatable bonds is 6. The summed E-state index contributed by atoms with van der Waals surface area (Å²) in [5.74, 6) is -0.0322. The molecule has 0 fully saturated rings. The molecule has 0 saturated heterocycles. The summed E-state index contributed by atoms with van der Waals surface area (Å²) in [6.45, 7) is 6.37. The van der Waals surface area contributed by atoms with Crippen LogP contribution >= 0.6 is 11.3 Å². The maximum Gasteiger partial charge on any atom is 0.341 e. The van der Waals surface area contributed by atoms with Crippen LogP contribution < -0.4 is 5.32 Å². The molecule has 1 amide bonds. The minimum absolute atomic E-state index is 0.0686. The van der Waals surface area contributed by atoms with Crippen molar-refractivity contribution in [3.8, 4) is 0 Å². The summed E-state index contributed by atoms with van der Waals surface area (Å²) in [4.78, 5) is 26.8. The highest BCUT2D eigenvalue weighted by atomic mass is 32.1. The molecule has 1 aliphatic rings. The van der Waals surface area contributed by atoms with E-state index in [-0.39, 0.29) is 17.8 Å². The van der Waals surface area contributed by atoms with Crippen molar-refractivity contribution in [2.24, 2.45) is 5.92 Å². The van der Waals surface area contributed by atoms with Crippen molar-refractivity contribution in [3.05, 3.63) is 51.9 Å². The van der Waals surface area contributed by atoms with E-state index in [0.717, 1.165) is 30.4 Å². The molecule has 0 saturated carbocycles. The van der Waals surface area contributed by atoms with Gasteiger partial charge in [-0.2, -0.15) is 0 Å². The van der Waals surface area contributed by atoms with Gasteiger partial charge in [0.1, 0.15) is 5.00 Å². The van der Waals surface area contributed by atoms with Gasteiger partial charge >= 0.3 is 5.97 Å². The molecule has 1 aromatic heterocycles. The zero-order valence-corrected chi connectivity index (χ0v) is 17.0. The van der Waals surface area contributed by atoms with E-state index in [1.165, 1.54) is 16.2 Å². The molecule has 27 heavy (non-hydrogen) atoms. The summed E-state index contributed by atoms with van der Waals surface area (Å²) in [6, 6.07) is 9.78. The van der Waals surface area contributed by atoms with Gasteiger partial charge in [0.2, 0.25) is 5.91 Å². The van der Waals surface area contributed by atoms with E-state index in [1.807, 2.05) is 37.3 Å². The monoisotopic (exact) mass is 385 g/mol. The Morgan fingerprint density at radius 1 is 1.26 bits per heavy atom. The highest BCUT2D eigenvalue weighted by Crippen LogP contribution is 2.40. The normalized spacial score (nSPS) is 17.1. The van der Waals surface area contributed by atoms with E-state index in [9.17, 15) is 9.59 Å². The van der Waals surface area contributed by atoms with Gasteiger partial charge in [0.05, 0.1) is 18.1 Å². The molecule has 0 radical (unpaired) electrons. The summed E-state index contributed by atoms with van der Waals surface area (Å²) < 4.78 is 5.29. The first-order chi connectivity index (χ1) is 13.0. The Kier molecular flexibility index (Phi) is 6.32. The van der Waals surface area contributed by atoms with E-state index in [4.69, 9.17) is 4.74 Å². The second kappa shape index (κ2) is 8.70. The molecule has 0 aliphatic heterocycles. The molecular weight excluding hydrogens is 358 g/mol. The quantitative estimate of drug-likeness (QED) is 0.697. The third kappa shape index (κ3) is 4.24. The molecule has 0 bridgehead atoms. The van der Waals surface area contributed by atoms with Gasteiger partial charge in [-0.05, 0) is 49.7 Å². The second-order valence-corrected chi connectivity index (χ2v) is 8.24. The number of ether oxygens (including phenoxy) is 1. The molecule has 2 aromatic rings. The lowest BCUT2D eigenvalue weighted by atomic mass is 9.88. The summed E-state index contributed by atoms with van der Waals surface area (Å²) in [5.41, 5.74) is 2.63. The molecule has 5 heteroatoms. The number of nitrogens with one attached hydrogen (secondary N) is 1. The minimum atomic E-state index is -0.326. The molecule has 4 nitrogen and oxygen atoms in total. The number of carbonyl (C=O) groups is 2. The number of anilines is 1. The second-order valence-electron chi connectivity index (χ2n) is 7.14. The van der Waals surface area contributed by atoms with Crippen LogP contribution in [0.5, 0.6) is 0 Å². The third-order valence-electron chi connectivity index (χ3n) is 5.15. The summed E-state index contributed by atoms with van der Waals surface area (Å²) >= 11 is 1.54. The molecule has 0 spiro atoms. The highest BCUT2D eigenvalue weighted by molar-refractivity contribution is 7.17. The molecule has 2 unspecified atom stereocenters. The SMILES string of the molecule is CCOC(=O)c1c(NC(=O)C(CC)c2ccccc2)sc2c1CCC(C)C2. The fraction of sp³-hybridized carbons (Fsp3) is 0.455. The van der Waals surface area contributed by atoms with Crippen molar-refractivity contribution in [2.45, 2.75) is 52.4 Å². The van der Waals surface area contributed by atoms with Gasteiger partial charge in [0.25, 0.3) is 0 Å². The summed E-state index contributed by atoms with van der Waals surface area (Å²) in [6.07, 6.45) is 3.59. The first-order valence-electron chi connectivity index (χ1n) is 9.72. The predicted octanol–water partition coefficient (Wildman–Crippen LogP) is 5.18. The van der Waals surface area contributed by atoms with Crippen LogP contribution in [0, 0.1) is 5.92 Å². The first-order valence-corrected chi connectivity index (χ1v) is 10.5. The molecule has 144 valence electrons. The van der Waals surface area contributed by atoms with Gasteiger partial charge < -0.3 is 10.1 Å². The number of thiophene rings is 1. The highest BCUT2D eigenvalue weighted by Gasteiger charge is 2.30.